The first kappa shape index (κ1) is 26.9. The van der Waals surface area contributed by atoms with E-state index in [0.29, 0.717) is 36.1 Å². The van der Waals surface area contributed by atoms with Gasteiger partial charge in [0.1, 0.15) is 30.9 Å². The molecule has 3 rings (SSSR count). The number of aliphatic imine (C=N–C) groups is 1. The molecule has 0 unspecified atom stereocenters. The minimum Gasteiger partial charge on any atom is -0.487 e. The zero-order valence-corrected chi connectivity index (χ0v) is 22.4. The van der Waals surface area contributed by atoms with Crippen molar-refractivity contribution >= 4 is 23.9 Å². The first-order valence-electron chi connectivity index (χ1n) is 11.4. The largest absolute Gasteiger partial charge is 0.487 e. The molecular weight excluding hydrogens is 486 g/mol. The maximum atomic E-state index is 11.2. The summed E-state index contributed by atoms with van der Waals surface area (Å²) in [4.78, 5) is 7.63. The summed E-state index contributed by atoms with van der Waals surface area (Å²) in [5.41, 5.74) is 8.12. The van der Waals surface area contributed by atoms with Gasteiger partial charge in [-0.05, 0) is 36.0 Å². The number of allylic oxidation sites excluding steroid dienone is 1. The van der Waals surface area contributed by atoms with Crippen molar-refractivity contribution in [2.75, 3.05) is 26.2 Å². The van der Waals surface area contributed by atoms with Gasteiger partial charge >= 0.3 is 5.88 Å². The second-order valence-corrected chi connectivity index (χ2v) is 16.8. The number of nitrogens with one attached hydrogen (secondary N) is 1. The van der Waals surface area contributed by atoms with Crippen molar-refractivity contribution in [1.29, 1.82) is 0 Å². The molecule has 3 N–H and O–H groups in total. The van der Waals surface area contributed by atoms with Crippen LogP contribution in [0, 0.1) is 0 Å². The molecule has 0 bridgehead atoms. The molecule has 9 nitrogen and oxygen atoms in total. The molecule has 35 heavy (non-hydrogen) atoms. The summed E-state index contributed by atoms with van der Waals surface area (Å²) in [6, 6.07) is 10.3. The molecule has 0 saturated heterocycles. The van der Waals surface area contributed by atoms with E-state index in [1.54, 1.807) is 24.4 Å². The molecule has 2 heterocycles. The minimum absolute atomic E-state index is 0.0244. The third-order valence-corrected chi connectivity index (χ3v) is 7.40. The molecule has 0 radical (unpaired) electrons. The molecule has 0 saturated carbocycles. The number of nitrogens with two attached hydrogens (primary N) is 1. The van der Waals surface area contributed by atoms with E-state index in [-0.39, 0.29) is 19.4 Å². The van der Waals surface area contributed by atoms with Crippen molar-refractivity contribution in [2.24, 2.45) is 10.7 Å². The maximum absolute atomic E-state index is 11.2. The van der Waals surface area contributed by atoms with Crippen LogP contribution in [0.2, 0.25) is 25.7 Å². The Balaban J connectivity index is 1.58. The first-order chi connectivity index (χ1) is 16.5. The minimum atomic E-state index is -3.51. The Labute approximate surface area is 208 Å². The van der Waals surface area contributed by atoms with Gasteiger partial charge in [0.15, 0.2) is 6.20 Å². The van der Waals surface area contributed by atoms with Gasteiger partial charge in [-0.1, -0.05) is 25.7 Å². The molecule has 0 spiro atoms. The van der Waals surface area contributed by atoms with Crippen LogP contribution < -0.4 is 20.2 Å². The van der Waals surface area contributed by atoms with Gasteiger partial charge in [0, 0.05) is 27.2 Å². The van der Waals surface area contributed by atoms with Crippen LogP contribution in [0.1, 0.15) is 11.1 Å². The van der Waals surface area contributed by atoms with Gasteiger partial charge in [0.05, 0.1) is 23.6 Å². The second-order valence-electron chi connectivity index (χ2n) is 9.50. The molecule has 11 heteroatoms. The lowest BCUT2D eigenvalue weighted by Gasteiger charge is -2.14. The van der Waals surface area contributed by atoms with E-state index in [1.807, 2.05) is 18.2 Å². The number of hydrogen-bond acceptors (Lipinski definition) is 8. The van der Waals surface area contributed by atoms with Crippen LogP contribution in [0.5, 0.6) is 17.4 Å². The third-order valence-electron chi connectivity index (χ3n) is 5.13. The predicted molar refractivity (Wildman–Crippen MR) is 137 cm³/mol. The molecule has 1 atom stereocenters. The number of hydrogen-bond donors (Lipinski definition) is 1. The highest BCUT2D eigenvalue weighted by Gasteiger charge is 2.25. The van der Waals surface area contributed by atoms with Gasteiger partial charge < -0.3 is 19.9 Å². The number of benzene rings is 1. The zero-order valence-electron chi connectivity index (χ0n) is 20.6. The Hall–Kier alpha value is -2.73. The SMILES string of the molecule is C[Si](C)(C)CCOCN=C(C=CN)c1ccc(Oc2ccc3c(c2)O[C@H](COS(C)(=O)=O)C3)[nH+]c1. The number of ether oxygens (including phenoxy) is 3. The molecule has 190 valence electrons. The van der Waals surface area contributed by atoms with Crippen LogP contribution in [0.3, 0.4) is 0 Å². The second kappa shape index (κ2) is 11.8. The van der Waals surface area contributed by atoms with Crippen molar-refractivity contribution in [3.8, 4) is 17.4 Å². The highest BCUT2D eigenvalue weighted by atomic mass is 32.2. The fourth-order valence-corrected chi connectivity index (χ4v) is 4.44. The normalized spacial score (nSPS) is 16.3. The zero-order chi connectivity index (χ0) is 25.5. The van der Waals surface area contributed by atoms with Crippen LogP contribution >= 0.6 is 0 Å². The summed E-state index contributed by atoms with van der Waals surface area (Å²) in [5, 5.41) is 0. The number of aromatic amines is 1. The van der Waals surface area contributed by atoms with Crippen LogP contribution in [0.15, 0.2) is 53.8 Å². The molecule has 1 aliphatic rings. The summed E-state index contributed by atoms with van der Waals surface area (Å²) < 4.78 is 44.7. The Morgan fingerprint density at radius 2 is 2.09 bits per heavy atom. The number of rotatable bonds is 12. The number of H-pyrrole nitrogens is 1. The fourth-order valence-electron chi connectivity index (χ4n) is 3.29. The van der Waals surface area contributed by atoms with Crippen molar-refractivity contribution in [1.82, 2.24) is 0 Å². The Morgan fingerprint density at radius 1 is 1.29 bits per heavy atom. The quantitative estimate of drug-likeness (QED) is 0.197. The van der Waals surface area contributed by atoms with Gasteiger partial charge in [0.25, 0.3) is 10.1 Å². The summed E-state index contributed by atoms with van der Waals surface area (Å²) in [6.07, 6.45) is 6.21. The molecule has 1 aliphatic heterocycles. The predicted octanol–water partition coefficient (Wildman–Crippen LogP) is 3.15. The molecule has 0 amide bonds. The molecule has 1 aromatic carbocycles. The van der Waals surface area contributed by atoms with Crippen LogP contribution in [0.25, 0.3) is 0 Å². The average molecular weight is 521 g/mol. The molecular formula is C24H34N3O6SSi+. The van der Waals surface area contributed by atoms with E-state index in [4.69, 9.17) is 24.1 Å². The van der Waals surface area contributed by atoms with Gasteiger partial charge in [-0.25, -0.2) is 0 Å². The smallest absolute Gasteiger partial charge is 0.371 e. The number of nitrogens with zero attached hydrogens (tertiary/aromatic N) is 1. The number of pyridine rings is 1. The lowest BCUT2D eigenvalue weighted by Crippen LogP contribution is -2.22. The highest BCUT2D eigenvalue weighted by Crippen LogP contribution is 2.33. The van der Waals surface area contributed by atoms with Crippen molar-refractivity contribution in [3.63, 3.8) is 0 Å². The van der Waals surface area contributed by atoms with E-state index < -0.39 is 18.2 Å². The summed E-state index contributed by atoms with van der Waals surface area (Å²) >= 11 is 0. The van der Waals surface area contributed by atoms with E-state index in [2.05, 4.69) is 29.6 Å². The average Bonchev–Trinajstić information content (AvgIpc) is 3.18. The monoisotopic (exact) mass is 520 g/mol. The lowest BCUT2D eigenvalue weighted by atomic mass is 10.1. The lowest BCUT2D eigenvalue weighted by molar-refractivity contribution is -0.391. The van der Waals surface area contributed by atoms with E-state index >= 15 is 0 Å². The van der Waals surface area contributed by atoms with E-state index in [0.717, 1.165) is 23.4 Å². The fraction of sp³-hybridized carbons (Fsp3) is 0.417. The summed E-state index contributed by atoms with van der Waals surface area (Å²) in [5.74, 6) is 1.77. The molecule has 2 aromatic rings. The van der Waals surface area contributed by atoms with Gasteiger partial charge in [-0.15, -0.1) is 0 Å². The number of aromatic nitrogens is 1. The Bertz CT molecular complexity index is 1160. The third kappa shape index (κ3) is 9.09. The molecule has 0 aliphatic carbocycles. The van der Waals surface area contributed by atoms with Gasteiger partial charge in [0.2, 0.25) is 0 Å². The summed E-state index contributed by atoms with van der Waals surface area (Å²) in [7, 11) is -4.64. The highest BCUT2D eigenvalue weighted by molar-refractivity contribution is 7.85. The van der Waals surface area contributed by atoms with Gasteiger partial charge in [-0.2, -0.15) is 13.4 Å². The number of fused-ring (bicyclic) bond motifs is 1. The topological polar surface area (TPSA) is 124 Å². The standard InChI is InChI=1S/C24H33N3O6SSi/c1-34(28,29)31-16-21-13-18-5-7-20(14-23(18)32-21)33-24-8-6-19(15-26-24)22(9-10-25)27-17-30-11-12-35(2,3)4/h5-10,14-15,21H,11-13,16-17,25H2,1-4H3/p+1/t21-/m0/s1. The molecule has 1 aromatic heterocycles. The van der Waals surface area contributed by atoms with E-state index in [9.17, 15) is 8.42 Å². The maximum Gasteiger partial charge on any atom is 0.371 e. The molecule has 0 fully saturated rings. The van der Waals surface area contributed by atoms with Crippen LogP contribution in [-0.4, -0.2) is 54.5 Å². The van der Waals surface area contributed by atoms with Crippen LogP contribution in [-0.2, 0) is 25.5 Å². The van der Waals surface area contributed by atoms with Crippen molar-refractivity contribution in [2.45, 2.75) is 38.2 Å². The first-order valence-corrected chi connectivity index (χ1v) is 16.9. The van der Waals surface area contributed by atoms with Crippen molar-refractivity contribution in [3.05, 3.63) is 59.9 Å². The summed E-state index contributed by atoms with van der Waals surface area (Å²) in [6.45, 7) is 7.88. The Kier molecular flexibility index (Phi) is 9.06. The van der Waals surface area contributed by atoms with Crippen molar-refractivity contribution < 1.29 is 31.8 Å². The van der Waals surface area contributed by atoms with E-state index in [1.165, 1.54) is 6.20 Å². The van der Waals surface area contributed by atoms with Crippen LogP contribution in [0.4, 0.5) is 0 Å². The Morgan fingerprint density at radius 3 is 2.74 bits per heavy atom. The van der Waals surface area contributed by atoms with Gasteiger partial charge in [-0.3, -0.25) is 9.18 Å².